The van der Waals surface area contributed by atoms with Crippen LogP contribution in [0.2, 0.25) is 10.0 Å². The maximum absolute atomic E-state index is 11.5. The lowest BCUT2D eigenvalue weighted by Crippen LogP contribution is -2.26. The number of carbonyl (C=O) groups is 1. The van der Waals surface area contributed by atoms with Gasteiger partial charge in [0.1, 0.15) is 6.04 Å². The first kappa shape index (κ1) is 16.2. The molecular formula is C15H11Cl2N3O2. The normalized spacial score (nSPS) is 11.8. The number of halogens is 2. The Balaban J connectivity index is 2.57. The summed E-state index contributed by atoms with van der Waals surface area (Å²) >= 11 is 11.7. The molecular weight excluding hydrogens is 325 g/mol. The van der Waals surface area contributed by atoms with Crippen LogP contribution in [0.4, 0.5) is 0 Å². The lowest BCUT2D eigenvalue weighted by Gasteiger charge is -2.21. The molecule has 7 heteroatoms. The fraction of sp³-hybridized carbons (Fsp3) is 0.133. The van der Waals surface area contributed by atoms with Crippen LogP contribution in [0.3, 0.4) is 0 Å². The van der Waals surface area contributed by atoms with Crippen LogP contribution in [0.1, 0.15) is 17.0 Å². The minimum atomic E-state index is -1.27. The molecule has 5 nitrogen and oxygen atoms in total. The van der Waals surface area contributed by atoms with E-state index < -0.39 is 17.9 Å². The van der Waals surface area contributed by atoms with Crippen molar-refractivity contribution in [3.63, 3.8) is 0 Å². The summed E-state index contributed by atoms with van der Waals surface area (Å²) in [6.45, 7) is 0. The van der Waals surface area contributed by atoms with E-state index in [1.54, 1.807) is 48.5 Å². The summed E-state index contributed by atoms with van der Waals surface area (Å²) in [5.41, 5.74) is 10.0. The van der Waals surface area contributed by atoms with Gasteiger partial charge in [0.15, 0.2) is 0 Å². The molecule has 0 radical (unpaired) electrons. The number of azide groups is 1. The number of carboxylic acid groups (broad SMARTS) is 1. The molecule has 0 spiro atoms. The topological polar surface area (TPSA) is 86.1 Å². The monoisotopic (exact) mass is 335 g/mol. The molecule has 2 rings (SSSR count). The van der Waals surface area contributed by atoms with Crippen molar-refractivity contribution in [1.29, 1.82) is 0 Å². The van der Waals surface area contributed by atoms with E-state index in [-0.39, 0.29) is 0 Å². The molecule has 0 saturated heterocycles. The number of aliphatic carboxylic acids is 1. The second-order valence-corrected chi connectivity index (χ2v) is 5.44. The summed E-state index contributed by atoms with van der Waals surface area (Å²) in [4.78, 5) is 14.2. The van der Waals surface area contributed by atoms with Crippen LogP contribution in [0.5, 0.6) is 0 Å². The zero-order chi connectivity index (χ0) is 16.1. The van der Waals surface area contributed by atoms with Crippen molar-refractivity contribution < 1.29 is 9.90 Å². The second-order valence-electron chi connectivity index (χ2n) is 4.57. The molecule has 112 valence electrons. The van der Waals surface area contributed by atoms with E-state index in [2.05, 4.69) is 10.0 Å². The van der Waals surface area contributed by atoms with Gasteiger partial charge in [0.2, 0.25) is 0 Å². The lowest BCUT2D eigenvalue weighted by atomic mass is 9.85. The van der Waals surface area contributed by atoms with Crippen LogP contribution in [0.25, 0.3) is 10.4 Å². The minimum absolute atomic E-state index is 0.536. The van der Waals surface area contributed by atoms with Crippen LogP contribution in [-0.4, -0.2) is 17.1 Å². The fourth-order valence-electron chi connectivity index (χ4n) is 2.21. The first-order valence-corrected chi connectivity index (χ1v) is 7.06. The highest BCUT2D eigenvalue weighted by atomic mass is 35.5. The third-order valence-electron chi connectivity index (χ3n) is 3.20. The van der Waals surface area contributed by atoms with Gasteiger partial charge < -0.3 is 5.11 Å². The molecule has 0 aliphatic rings. The van der Waals surface area contributed by atoms with E-state index in [0.717, 1.165) is 0 Å². The molecule has 0 amide bonds. The second kappa shape index (κ2) is 7.18. The van der Waals surface area contributed by atoms with Gasteiger partial charge in [0, 0.05) is 20.9 Å². The van der Waals surface area contributed by atoms with Gasteiger partial charge in [-0.15, -0.1) is 0 Å². The van der Waals surface area contributed by atoms with Crippen molar-refractivity contribution in [2.75, 3.05) is 0 Å². The Labute approximate surface area is 136 Å². The predicted molar refractivity (Wildman–Crippen MR) is 85.3 cm³/mol. The largest absolute Gasteiger partial charge is 0.481 e. The Morgan fingerprint density at radius 3 is 1.73 bits per heavy atom. The SMILES string of the molecule is [N-]=[N+]=N[C@H](C(=O)O)C(c1ccc(Cl)cc1)c1ccc(Cl)cc1. The van der Waals surface area contributed by atoms with Crippen LogP contribution in [0.15, 0.2) is 53.6 Å². The first-order chi connectivity index (χ1) is 10.5. The van der Waals surface area contributed by atoms with Crippen LogP contribution < -0.4 is 0 Å². The van der Waals surface area contributed by atoms with Crippen molar-refractivity contribution in [2.24, 2.45) is 5.11 Å². The summed E-state index contributed by atoms with van der Waals surface area (Å²) in [7, 11) is 0. The van der Waals surface area contributed by atoms with Gasteiger partial charge in [-0.1, -0.05) is 52.6 Å². The van der Waals surface area contributed by atoms with Crippen LogP contribution in [0, 0.1) is 0 Å². The van der Waals surface area contributed by atoms with E-state index in [0.29, 0.717) is 21.2 Å². The predicted octanol–water partition coefficient (Wildman–Crippen LogP) is 4.89. The van der Waals surface area contributed by atoms with Crippen LogP contribution >= 0.6 is 23.2 Å². The summed E-state index contributed by atoms with van der Waals surface area (Å²) in [5.74, 6) is -1.84. The Hall–Kier alpha value is -2.20. The molecule has 0 aliphatic heterocycles. The van der Waals surface area contributed by atoms with Gasteiger partial charge in [0.05, 0.1) is 0 Å². The summed E-state index contributed by atoms with van der Waals surface area (Å²) < 4.78 is 0. The van der Waals surface area contributed by atoms with Crippen molar-refractivity contribution in [2.45, 2.75) is 12.0 Å². The number of rotatable bonds is 5. The maximum Gasteiger partial charge on any atom is 0.313 e. The number of hydrogen-bond donors (Lipinski definition) is 1. The van der Waals surface area contributed by atoms with Gasteiger partial charge >= 0.3 is 5.97 Å². The average molecular weight is 336 g/mol. The quantitative estimate of drug-likeness (QED) is 0.479. The fourth-order valence-corrected chi connectivity index (χ4v) is 2.46. The zero-order valence-corrected chi connectivity index (χ0v) is 12.7. The summed E-state index contributed by atoms with van der Waals surface area (Å²) in [6, 6.07) is 12.2. The molecule has 1 atom stereocenters. The van der Waals surface area contributed by atoms with E-state index >= 15 is 0 Å². The highest BCUT2D eigenvalue weighted by molar-refractivity contribution is 6.30. The van der Waals surface area contributed by atoms with E-state index in [1.807, 2.05) is 0 Å². The molecule has 0 fully saturated rings. The maximum atomic E-state index is 11.5. The Bertz CT molecular complexity index is 663. The number of nitrogens with zero attached hydrogens (tertiary/aromatic N) is 3. The molecule has 22 heavy (non-hydrogen) atoms. The average Bonchev–Trinajstić information content (AvgIpc) is 2.50. The number of hydrogen-bond acceptors (Lipinski definition) is 2. The third kappa shape index (κ3) is 3.71. The third-order valence-corrected chi connectivity index (χ3v) is 3.71. The molecule has 0 saturated carbocycles. The standard InChI is InChI=1S/C15H11Cl2N3O2/c16-11-5-1-9(2-6-11)13(14(15(21)22)19-20-18)10-3-7-12(17)8-4-10/h1-8,13-14H,(H,21,22)/t14-/m0/s1. The first-order valence-electron chi connectivity index (χ1n) is 6.31. The molecule has 0 aliphatic carbocycles. The highest BCUT2D eigenvalue weighted by Gasteiger charge is 2.30. The Kier molecular flexibility index (Phi) is 5.28. The van der Waals surface area contributed by atoms with Crippen molar-refractivity contribution in [3.05, 3.63) is 80.1 Å². The van der Waals surface area contributed by atoms with Gasteiger partial charge in [-0.2, -0.15) is 0 Å². The van der Waals surface area contributed by atoms with E-state index in [4.69, 9.17) is 28.7 Å². The molecule has 0 bridgehead atoms. The smallest absolute Gasteiger partial charge is 0.313 e. The highest BCUT2D eigenvalue weighted by Crippen LogP contribution is 2.32. The summed E-state index contributed by atoms with van der Waals surface area (Å²) in [6.07, 6.45) is 0. The van der Waals surface area contributed by atoms with E-state index in [9.17, 15) is 9.90 Å². The zero-order valence-electron chi connectivity index (χ0n) is 11.2. The van der Waals surface area contributed by atoms with Crippen molar-refractivity contribution in [3.8, 4) is 0 Å². The van der Waals surface area contributed by atoms with Gasteiger partial charge in [-0.05, 0) is 40.9 Å². The number of benzene rings is 2. The van der Waals surface area contributed by atoms with Crippen molar-refractivity contribution in [1.82, 2.24) is 0 Å². The Morgan fingerprint density at radius 2 is 1.41 bits per heavy atom. The molecule has 0 aromatic heterocycles. The number of carboxylic acids is 1. The molecule has 2 aromatic rings. The van der Waals surface area contributed by atoms with Gasteiger partial charge in [0.25, 0.3) is 0 Å². The van der Waals surface area contributed by atoms with E-state index in [1.165, 1.54) is 0 Å². The lowest BCUT2D eigenvalue weighted by molar-refractivity contribution is -0.138. The van der Waals surface area contributed by atoms with Crippen LogP contribution in [-0.2, 0) is 4.79 Å². The molecule has 0 heterocycles. The molecule has 2 aromatic carbocycles. The summed E-state index contributed by atoms with van der Waals surface area (Å²) in [5, 5.41) is 13.9. The minimum Gasteiger partial charge on any atom is -0.481 e. The van der Waals surface area contributed by atoms with Gasteiger partial charge in [-0.25, -0.2) is 0 Å². The molecule has 0 unspecified atom stereocenters. The molecule has 1 N–H and O–H groups in total. The van der Waals surface area contributed by atoms with Gasteiger partial charge in [-0.3, -0.25) is 4.79 Å². The van der Waals surface area contributed by atoms with Crippen molar-refractivity contribution >= 4 is 29.2 Å². The Morgan fingerprint density at radius 1 is 1.00 bits per heavy atom.